The van der Waals surface area contributed by atoms with Crippen LogP contribution in [0.5, 0.6) is 5.75 Å². The Morgan fingerprint density at radius 3 is 2.14 bits per heavy atom. The molecule has 2 N–H and O–H groups in total. The summed E-state index contributed by atoms with van der Waals surface area (Å²) in [6.45, 7) is 5.85. The average molecular weight is 479 g/mol. The molecule has 0 atom stereocenters. The Kier molecular flexibility index (Phi) is 7.59. The van der Waals surface area contributed by atoms with Crippen molar-refractivity contribution in [2.45, 2.75) is 13.2 Å². The normalized spacial score (nSPS) is 13.8. The summed E-state index contributed by atoms with van der Waals surface area (Å²) in [5.74, 6) is 0.529. The molecule has 1 aliphatic heterocycles. The van der Waals surface area contributed by atoms with Crippen molar-refractivity contribution >= 4 is 17.3 Å². The molecule has 0 radical (unpaired) electrons. The van der Waals surface area contributed by atoms with E-state index in [1.807, 2.05) is 54.6 Å². The van der Waals surface area contributed by atoms with Crippen LogP contribution in [0.2, 0.25) is 0 Å². The first-order valence-electron chi connectivity index (χ1n) is 12.5. The van der Waals surface area contributed by atoms with E-state index in [1.165, 1.54) is 11.3 Å². The molecule has 1 fully saturated rings. The molecule has 182 valence electrons. The topological polar surface area (TPSA) is 46.0 Å². The van der Waals surface area contributed by atoms with Gasteiger partial charge in [-0.15, -0.1) is 0 Å². The van der Waals surface area contributed by atoms with Crippen molar-refractivity contribution in [3.8, 4) is 5.75 Å². The SMILES string of the molecule is O=C(Nc1ccc(N2CC[NH+](Cc3ccccc3)CC2)cc1)c1cccc(OCc2ccccc2)c1. The fourth-order valence-corrected chi connectivity index (χ4v) is 4.57. The van der Waals surface area contributed by atoms with Gasteiger partial charge in [0, 0.05) is 22.5 Å². The first-order chi connectivity index (χ1) is 17.7. The number of quaternary nitrogens is 1. The molecule has 1 aliphatic rings. The third-order valence-electron chi connectivity index (χ3n) is 6.60. The maximum Gasteiger partial charge on any atom is 0.255 e. The van der Waals surface area contributed by atoms with Crippen molar-refractivity contribution in [1.82, 2.24) is 0 Å². The minimum absolute atomic E-state index is 0.147. The highest BCUT2D eigenvalue weighted by atomic mass is 16.5. The number of rotatable bonds is 8. The lowest BCUT2D eigenvalue weighted by atomic mass is 10.1. The van der Waals surface area contributed by atoms with Crippen LogP contribution in [-0.2, 0) is 13.2 Å². The van der Waals surface area contributed by atoms with Gasteiger partial charge in [0.1, 0.15) is 18.9 Å². The summed E-state index contributed by atoms with van der Waals surface area (Å²) < 4.78 is 5.87. The van der Waals surface area contributed by atoms with Crippen LogP contribution >= 0.6 is 0 Å². The summed E-state index contributed by atoms with van der Waals surface area (Å²) in [4.78, 5) is 16.9. The van der Waals surface area contributed by atoms with E-state index in [2.05, 4.69) is 52.7 Å². The second-order valence-corrected chi connectivity index (χ2v) is 9.20. The summed E-state index contributed by atoms with van der Waals surface area (Å²) in [7, 11) is 0. The average Bonchev–Trinajstić information content (AvgIpc) is 2.94. The Morgan fingerprint density at radius 1 is 0.778 bits per heavy atom. The highest BCUT2D eigenvalue weighted by molar-refractivity contribution is 6.04. The van der Waals surface area contributed by atoms with Gasteiger partial charge >= 0.3 is 0 Å². The maximum atomic E-state index is 12.8. The number of anilines is 2. The van der Waals surface area contributed by atoms with E-state index in [9.17, 15) is 4.79 Å². The molecule has 0 aliphatic carbocycles. The van der Waals surface area contributed by atoms with Gasteiger partial charge in [0.2, 0.25) is 0 Å². The predicted octanol–water partition coefficient (Wildman–Crippen LogP) is 4.42. The number of benzene rings is 4. The quantitative estimate of drug-likeness (QED) is 0.394. The van der Waals surface area contributed by atoms with E-state index >= 15 is 0 Å². The fourth-order valence-electron chi connectivity index (χ4n) is 4.57. The Hall–Kier alpha value is -4.09. The third-order valence-corrected chi connectivity index (χ3v) is 6.60. The zero-order valence-corrected chi connectivity index (χ0v) is 20.4. The largest absolute Gasteiger partial charge is 0.489 e. The molecule has 36 heavy (non-hydrogen) atoms. The predicted molar refractivity (Wildman–Crippen MR) is 145 cm³/mol. The second kappa shape index (κ2) is 11.6. The highest BCUT2D eigenvalue weighted by Gasteiger charge is 2.20. The molecule has 0 spiro atoms. The molecule has 0 saturated carbocycles. The van der Waals surface area contributed by atoms with Gasteiger partial charge in [-0.25, -0.2) is 0 Å². The minimum atomic E-state index is -0.147. The van der Waals surface area contributed by atoms with E-state index < -0.39 is 0 Å². The molecular weight excluding hydrogens is 446 g/mol. The number of nitrogens with one attached hydrogen (secondary N) is 2. The molecule has 5 heteroatoms. The van der Waals surface area contributed by atoms with Crippen molar-refractivity contribution in [2.75, 3.05) is 36.4 Å². The molecule has 5 nitrogen and oxygen atoms in total. The first kappa shape index (κ1) is 23.6. The Morgan fingerprint density at radius 2 is 1.44 bits per heavy atom. The van der Waals surface area contributed by atoms with Crippen molar-refractivity contribution in [2.24, 2.45) is 0 Å². The summed E-state index contributed by atoms with van der Waals surface area (Å²) in [6.07, 6.45) is 0. The molecule has 4 aromatic rings. The van der Waals surface area contributed by atoms with E-state index in [4.69, 9.17) is 4.74 Å². The molecule has 4 aromatic carbocycles. The second-order valence-electron chi connectivity index (χ2n) is 9.20. The Bertz CT molecular complexity index is 1250. The molecule has 0 bridgehead atoms. The van der Waals surface area contributed by atoms with Gasteiger partial charge in [0.05, 0.1) is 26.2 Å². The van der Waals surface area contributed by atoms with Crippen LogP contribution in [0, 0.1) is 0 Å². The standard InChI is InChI=1S/C31H31N3O2/c35-31(27-12-7-13-30(22-27)36-24-26-10-5-2-6-11-26)32-28-14-16-29(17-15-28)34-20-18-33(19-21-34)23-25-8-3-1-4-9-25/h1-17,22H,18-21,23-24H2,(H,32,35)/p+1. The molecule has 1 heterocycles. The van der Waals surface area contributed by atoms with E-state index in [0.717, 1.165) is 44.0 Å². The number of ether oxygens (including phenoxy) is 1. The molecule has 1 saturated heterocycles. The van der Waals surface area contributed by atoms with Crippen LogP contribution in [0.15, 0.2) is 109 Å². The fraction of sp³-hybridized carbons (Fsp3) is 0.194. The monoisotopic (exact) mass is 478 g/mol. The number of carbonyl (C=O) groups is 1. The van der Waals surface area contributed by atoms with Crippen LogP contribution < -0.4 is 19.9 Å². The summed E-state index contributed by atoms with van der Waals surface area (Å²) >= 11 is 0. The molecule has 1 amide bonds. The number of nitrogens with zero attached hydrogens (tertiary/aromatic N) is 1. The van der Waals surface area contributed by atoms with Crippen LogP contribution in [0.3, 0.4) is 0 Å². The Balaban J connectivity index is 1.12. The van der Waals surface area contributed by atoms with E-state index in [-0.39, 0.29) is 5.91 Å². The van der Waals surface area contributed by atoms with Gasteiger partial charge in [-0.1, -0.05) is 66.7 Å². The maximum absolute atomic E-state index is 12.8. The zero-order chi connectivity index (χ0) is 24.6. The van der Waals surface area contributed by atoms with Crippen molar-refractivity contribution in [1.29, 1.82) is 0 Å². The smallest absolute Gasteiger partial charge is 0.255 e. The lowest BCUT2D eigenvalue weighted by molar-refractivity contribution is -0.914. The van der Waals surface area contributed by atoms with Crippen molar-refractivity contribution in [3.05, 3.63) is 126 Å². The molecule has 0 aromatic heterocycles. The van der Waals surface area contributed by atoms with Crippen molar-refractivity contribution < 1.29 is 14.4 Å². The van der Waals surface area contributed by atoms with Gasteiger partial charge in [-0.3, -0.25) is 4.79 Å². The van der Waals surface area contributed by atoms with Crippen molar-refractivity contribution in [3.63, 3.8) is 0 Å². The van der Waals surface area contributed by atoms with Gasteiger partial charge in [-0.05, 0) is 48.0 Å². The summed E-state index contributed by atoms with van der Waals surface area (Å²) in [5.41, 5.74) is 5.04. The number of hydrogen-bond acceptors (Lipinski definition) is 3. The van der Waals surface area contributed by atoms with Crippen LogP contribution in [-0.4, -0.2) is 32.1 Å². The van der Waals surface area contributed by atoms with Crippen LogP contribution in [0.1, 0.15) is 21.5 Å². The van der Waals surface area contributed by atoms with E-state index in [0.29, 0.717) is 17.9 Å². The number of piperazine rings is 1. The number of carbonyl (C=O) groups excluding carboxylic acids is 1. The first-order valence-corrected chi connectivity index (χ1v) is 12.5. The van der Waals surface area contributed by atoms with Crippen LogP contribution in [0.4, 0.5) is 11.4 Å². The number of amides is 1. The van der Waals surface area contributed by atoms with E-state index in [1.54, 1.807) is 17.0 Å². The Labute approximate surface area is 212 Å². The van der Waals surface area contributed by atoms with Crippen LogP contribution in [0.25, 0.3) is 0 Å². The van der Waals surface area contributed by atoms with Gasteiger partial charge in [-0.2, -0.15) is 0 Å². The third kappa shape index (κ3) is 6.32. The minimum Gasteiger partial charge on any atom is -0.489 e. The lowest BCUT2D eigenvalue weighted by Crippen LogP contribution is -3.13. The van der Waals surface area contributed by atoms with Gasteiger partial charge in [0.15, 0.2) is 0 Å². The number of hydrogen-bond donors (Lipinski definition) is 2. The van der Waals surface area contributed by atoms with Gasteiger partial charge in [0.25, 0.3) is 5.91 Å². The summed E-state index contributed by atoms with van der Waals surface area (Å²) in [6, 6.07) is 36.2. The lowest BCUT2D eigenvalue weighted by Gasteiger charge is -2.33. The zero-order valence-electron chi connectivity index (χ0n) is 20.4. The molecular formula is C31H32N3O2+. The molecule has 5 rings (SSSR count). The molecule has 0 unspecified atom stereocenters. The highest BCUT2D eigenvalue weighted by Crippen LogP contribution is 2.20. The summed E-state index contributed by atoms with van der Waals surface area (Å²) in [5, 5.41) is 3.01. The van der Waals surface area contributed by atoms with Gasteiger partial charge < -0.3 is 19.9 Å².